The second-order valence-corrected chi connectivity index (χ2v) is 4.25. The number of benzene rings is 3. The molecule has 0 heterocycles. The summed E-state index contributed by atoms with van der Waals surface area (Å²) in [6.07, 6.45) is 0. The third-order valence-electron chi connectivity index (χ3n) is 3.41. The molecule has 0 heteroatoms. The molecule has 20 heavy (non-hydrogen) atoms. The van der Waals surface area contributed by atoms with Gasteiger partial charge in [0.05, 0.1) is 0 Å². The predicted molar refractivity (Wildman–Crippen MR) is 95.3 cm³/mol. The Morgan fingerprint density at radius 2 is 0.800 bits per heavy atom. The van der Waals surface area contributed by atoms with Crippen molar-refractivity contribution in [3.05, 3.63) is 60.7 Å². The van der Waals surface area contributed by atoms with E-state index < -0.39 is 0 Å². The maximum Gasteiger partial charge on any atom is -0.00264 e. The van der Waals surface area contributed by atoms with Crippen LogP contribution >= 0.6 is 0 Å². The molecule has 0 saturated carbocycles. The average Bonchev–Trinajstić information content (AvgIpc) is 2.68. The Morgan fingerprint density at radius 1 is 0.400 bits per heavy atom. The maximum atomic E-state index is 2.22. The normalized spacial score (nSPS) is 9.40. The molecule has 0 aliphatic heterocycles. The molecule has 0 aromatic heterocycles. The highest BCUT2D eigenvalue weighted by molar-refractivity contribution is 6.15. The van der Waals surface area contributed by atoms with Crippen molar-refractivity contribution in [2.24, 2.45) is 0 Å². The van der Waals surface area contributed by atoms with Crippen molar-refractivity contribution in [1.29, 1.82) is 0 Å². The van der Waals surface area contributed by atoms with Gasteiger partial charge in [-0.2, -0.15) is 0 Å². The summed E-state index contributed by atoms with van der Waals surface area (Å²) < 4.78 is 0. The van der Waals surface area contributed by atoms with Crippen LogP contribution in [-0.2, 0) is 0 Å². The van der Waals surface area contributed by atoms with Crippen LogP contribution in [0.2, 0.25) is 0 Å². The van der Waals surface area contributed by atoms with Gasteiger partial charge in [0.1, 0.15) is 0 Å². The van der Waals surface area contributed by atoms with E-state index in [9.17, 15) is 0 Å². The zero-order valence-corrected chi connectivity index (χ0v) is 8.77. The summed E-state index contributed by atoms with van der Waals surface area (Å²) in [6, 6.07) is 21.8. The van der Waals surface area contributed by atoms with E-state index in [4.69, 9.17) is 0 Å². The third kappa shape index (κ3) is 2.12. The van der Waals surface area contributed by atoms with Crippen molar-refractivity contribution < 1.29 is 0 Å². The zero-order chi connectivity index (χ0) is 10.5. The van der Waals surface area contributed by atoms with Gasteiger partial charge in [0.25, 0.3) is 0 Å². The van der Waals surface area contributed by atoms with Crippen LogP contribution in [0.25, 0.3) is 33.0 Å². The molecular formula is C20H26. The van der Waals surface area contributed by atoms with E-state index in [-0.39, 0.29) is 29.7 Å². The minimum absolute atomic E-state index is 0. The standard InChI is InChI=1S/C16H10.4CH4/c1-2-8-13-12(7-1)14-9-3-5-11-6-4-10-15(13)16(11)14;;;;/h1-10H;4*1H4. The highest BCUT2D eigenvalue weighted by atomic mass is 14.2. The maximum absolute atomic E-state index is 2.22. The van der Waals surface area contributed by atoms with E-state index in [2.05, 4.69) is 60.7 Å². The summed E-state index contributed by atoms with van der Waals surface area (Å²) in [5, 5.41) is 2.75. The summed E-state index contributed by atoms with van der Waals surface area (Å²) >= 11 is 0. The fourth-order valence-corrected chi connectivity index (χ4v) is 2.74. The van der Waals surface area contributed by atoms with Crippen molar-refractivity contribution >= 4 is 10.8 Å². The van der Waals surface area contributed by atoms with Crippen molar-refractivity contribution in [2.75, 3.05) is 0 Å². The highest BCUT2D eigenvalue weighted by Crippen LogP contribution is 2.46. The number of fused-ring (bicyclic) bond motifs is 3. The first-order chi connectivity index (χ1) is 7.95. The molecule has 0 amide bonds. The SMILES string of the molecule is C.C.C.C.c1ccc2c(c1)-c1cccc3cccc-2c13. The molecule has 0 bridgehead atoms. The topological polar surface area (TPSA) is 0 Å². The van der Waals surface area contributed by atoms with E-state index in [0.29, 0.717) is 0 Å². The second-order valence-electron chi connectivity index (χ2n) is 4.25. The van der Waals surface area contributed by atoms with Crippen molar-refractivity contribution in [3.63, 3.8) is 0 Å². The summed E-state index contributed by atoms with van der Waals surface area (Å²) in [4.78, 5) is 0. The summed E-state index contributed by atoms with van der Waals surface area (Å²) in [5.41, 5.74) is 5.50. The van der Waals surface area contributed by atoms with Crippen LogP contribution in [0.4, 0.5) is 0 Å². The Kier molecular flexibility index (Phi) is 5.72. The van der Waals surface area contributed by atoms with Gasteiger partial charge in [-0.15, -0.1) is 0 Å². The average molecular weight is 266 g/mol. The van der Waals surface area contributed by atoms with E-state index in [1.54, 1.807) is 0 Å². The minimum atomic E-state index is 0. The second kappa shape index (κ2) is 6.38. The number of hydrogen-bond donors (Lipinski definition) is 0. The molecule has 0 saturated heterocycles. The van der Waals surface area contributed by atoms with Gasteiger partial charge in [0.15, 0.2) is 0 Å². The Morgan fingerprint density at radius 3 is 1.25 bits per heavy atom. The molecule has 0 N–H and O–H groups in total. The van der Waals surface area contributed by atoms with Gasteiger partial charge in [-0.3, -0.25) is 0 Å². The van der Waals surface area contributed by atoms with E-state index in [1.807, 2.05) is 0 Å². The van der Waals surface area contributed by atoms with E-state index >= 15 is 0 Å². The quantitative estimate of drug-likeness (QED) is 0.320. The molecule has 1 aliphatic rings. The molecule has 3 aromatic rings. The lowest BCUT2D eigenvalue weighted by Crippen LogP contribution is -1.73. The first-order valence-corrected chi connectivity index (χ1v) is 5.57. The van der Waals surface area contributed by atoms with E-state index in [0.717, 1.165) is 0 Å². The lowest BCUT2D eigenvalue weighted by atomic mass is 10.0. The Balaban J connectivity index is 0.000000902. The molecule has 0 atom stereocenters. The summed E-state index contributed by atoms with van der Waals surface area (Å²) in [7, 11) is 0. The van der Waals surface area contributed by atoms with Crippen LogP contribution in [0, 0.1) is 0 Å². The first kappa shape index (κ1) is 17.9. The third-order valence-corrected chi connectivity index (χ3v) is 3.41. The van der Waals surface area contributed by atoms with Gasteiger partial charge < -0.3 is 0 Å². The van der Waals surface area contributed by atoms with Crippen LogP contribution in [0.15, 0.2) is 60.7 Å². The van der Waals surface area contributed by atoms with Gasteiger partial charge >= 0.3 is 0 Å². The minimum Gasteiger partial charge on any atom is -0.0776 e. The lowest BCUT2D eigenvalue weighted by molar-refractivity contribution is 1.70. The van der Waals surface area contributed by atoms with Crippen LogP contribution in [0.1, 0.15) is 29.7 Å². The van der Waals surface area contributed by atoms with Crippen LogP contribution in [-0.4, -0.2) is 0 Å². The van der Waals surface area contributed by atoms with Crippen LogP contribution in [0.3, 0.4) is 0 Å². The van der Waals surface area contributed by atoms with Gasteiger partial charge in [0, 0.05) is 0 Å². The van der Waals surface area contributed by atoms with Gasteiger partial charge in [-0.25, -0.2) is 0 Å². The molecule has 0 nitrogen and oxygen atoms in total. The van der Waals surface area contributed by atoms with E-state index in [1.165, 1.54) is 33.0 Å². The largest absolute Gasteiger partial charge is 0.0776 e. The van der Waals surface area contributed by atoms with Gasteiger partial charge in [0.2, 0.25) is 0 Å². The molecule has 0 fully saturated rings. The van der Waals surface area contributed by atoms with Gasteiger partial charge in [-0.1, -0.05) is 90.4 Å². The van der Waals surface area contributed by atoms with Crippen LogP contribution < -0.4 is 0 Å². The van der Waals surface area contributed by atoms with Crippen molar-refractivity contribution in [1.82, 2.24) is 0 Å². The molecule has 106 valence electrons. The predicted octanol–water partition coefficient (Wildman–Crippen LogP) is 7.03. The molecule has 1 aliphatic carbocycles. The van der Waals surface area contributed by atoms with Crippen molar-refractivity contribution in [2.45, 2.75) is 29.7 Å². The van der Waals surface area contributed by atoms with Gasteiger partial charge in [-0.05, 0) is 33.0 Å². The molecular weight excluding hydrogens is 240 g/mol. The Labute approximate surface area is 124 Å². The smallest absolute Gasteiger partial charge is 0.00264 e. The molecule has 0 spiro atoms. The fraction of sp³-hybridized carbons (Fsp3) is 0.200. The first-order valence-electron chi connectivity index (χ1n) is 5.57. The van der Waals surface area contributed by atoms with Crippen LogP contribution in [0.5, 0.6) is 0 Å². The Bertz CT molecular complexity index is 650. The fourth-order valence-electron chi connectivity index (χ4n) is 2.74. The zero-order valence-electron chi connectivity index (χ0n) is 8.77. The number of hydrogen-bond acceptors (Lipinski definition) is 0. The summed E-state index contributed by atoms with van der Waals surface area (Å²) in [5.74, 6) is 0. The highest BCUT2D eigenvalue weighted by Gasteiger charge is 2.19. The summed E-state index contributed by atoms with van der Waals surface area (Å²) in [6.45, 7) is 0. The molecule has 0 radical (unpaired) electrons. The number of rotatable bonds is 0. The van der Waals surface area contributed by atoms with Crippen molar-refractivity contribution in [3.8, 4) is 22.3 Å². The monoisotopic (exact) mass is 266 g/mol. The lowest BCUT2D eigenvalue weighted by Gasteiger charge is -2.00. The Hall–Kier alpha value is -2.08. The molecule has 0 unspecified atom stereocenters. The molecule has 4 rings (SSSR count). The molecule has 3 aromatic carbocycles.